The molecule has 1 aromatic heterocycles. The van der Waals surface area contributed by atoms with Crippen LogP contribution in [0.25, 0.3) is 0 Å². The highest BCUT2D eigenvalue weighted by atomic mass is 127. The summed E-state index contributed by atoms with van der Waals surface area (Å²) in [5.41, 5.74) is 1.66. The third kappa shape index (κ3) is 2.44. The molecule has 0 fully saturated rings. The van der Waals surface area contributed by atoms with E-state index < -0.39 is 0 Å². The maximum Gasteiger partial charge on any atom is 0.258 e. The second-order valence-electron chi connectivity index (χ2n) is 3.34. The van der Waals surface area contributed by atoms with Gasteiger partial charge in [-0.25, -0.2) is 0 Å². The van der Waals surface area contributed by atoms with Crippen LogP contribution in [0.15, 0.2) is 41.8 Å². The third-order valence-corrected chi connectivity index (χ3v) is 4.05. The monoisotopic (exact) mass is 343 g/mol. The number of thiophene rings is 1. The summed E-state index contributed by atoms with van der Waals surface area (Å²) in [6.07, 6.45) is 0. The van der Waals surface area contributed by atoms with Crippen molar-refractivity contribution in [2.45, 2.75) is 0 Å². The fourth-order valence-corrected chi connectivity index (χ4v) is 2.71. The van der Waals surface area contributed by atoms with Gasteiger partial charge in [0.15, 0.2) is 0 Å². The molecule has 2 rings (SSSR count). The van der Waals surface area contributed by atoms with Crippen LogP contribution >= 0.6 is 33.9 Å². The van der Waals surface area contributed by atoms with Crippen LogP contribution in [-0.4, -0.2) is 13.0 Å². The lowest BCUT2D eigenvalue weighted by Crippen LogP contribution is -2.25. The van der Waals surface area contributed by atoms with Crippen LogP contribution < -0.4 is 4.90 Å². The van der Waals surface area contributed by atoms with Gasteiger partial charge >= 0.3 is 0 Å². The Balaban J connectivity index is 2.23. The van der Waals surface area contributed by atoms with Crippen LogP contribution in [0.2, 0.25) is 0 Å². The molecule has 0 N–H and O–H groups in total. The number of halogens is 1. The predicted octanol–water partition coefficient (Wildman–Crippen LogP) is 3.63. The van der Waals surface area contributed by atoms with Crippen LogP contribution in [-0.2, 0) is 0 Å². The number of anilines is 1. The van der Waals surface area contributed by atoms with E-state index in [4.69, 9.17) is 0 Å². The van der Waals surface area contributed by atoms with E-state index in [9.17, 15) is 4.79 Å². The molecule has 0 saturated heterocycles. The van der Waals surface area contributed by atoms with Gasteiger partial charge < -0.3 is 4.90 Å². The van der Waals surface area contributed by atoms with Gasteiger partial charge in [0.05, 0.1) is 8.45 Å². The Morgan fingerprint density at radius 1 is 1.31 bits per heavy atom. The molecule has 82 valence electrons. The van der Waals surface area contributed by atoms with E-state index >= 15 is 0 Å². The molecule has 1 aromatic carbocycles. The molecule has 0 saturated carbocycles. The SMILES string of the molecule is CN(C(=O)c1csc(I)c1)c1ccccc1. The van der Waals surface area contributed by atoms with E-state index in [-0.39, 0.29) is 5.91 Å². The average Bonchev–Trinajstić information content (AvgIpc) is 2.75. The van der Waals surface area contributed by atoms with Crippen molar-refractivity contribution < 1.29 is 4.79 Å². The van der Waals surface area contributed by atoms with Crippen molar-refractivity contribution in [1.29, 1.82) is 0 Å². The standard InChI is InChI=1S/C12H10INOS/c1-14(10-5-3-2-4-6-10)12(15)9-7-11(13)16-8-9/h2-8H,1H3. The van der Waals surface area contributed by atoms with Crippen molar-refractivity contribution >= 4 is 45.5 Å². The van der Waals surface area contributed by atoms with Gasteiger partial charge in [0.1, 0.15) is 0 Å². The van der Waals surface area contributed by atoms with Crippen LogP contribution in [0.3, 0.4) is 0 Å². The highest BCUT2D eigenvalue weighted by Gasteiger charge is 2.14. The van der Waals surface area contributed by atoms with Gasteiger partial charge in [-0.3, -0.25) is 4.79 Å². The summed E-state index contributed by atoms with van der Waals surface area (Å²) in [5, 5.41) is 1.89. The van der Waals surface area contributed by atoms with E-state index in [0.717, 1.165) is 14.1 Å². The fourth-order valence-electron chi connectivity index (χ4n) is 1.38. The quantitative estimate of drug-likeness (QED) is 0.763. The molecule has 16 heavy (non-hydrogen) atoms. The van der Waals surface area contributed by atoms with Crippen molar-refractivity contribution in [2.24, 2.45) is 0 Å². The first kappa shape index (κ1) is 11.6. The number of rotatable bonds is 2. The zero-order valence-electron chi connectivity index (χ0n) is 8.68. The van der Waals surface area contributed by atoms with Gasteiger partial charge in [0.2, 0.25) is 0 Å². The zero-order chi connectivity index (χ0) is 11.5. The topological polar surface area (TPSA) is 20.3 Å². The normalized spacial score (nSPS) is 10.1. The molecule has 1 amide bonds. The molecular formula is C12H10INOS. The number of carbonyl (C=O) groups excluding carboxylic acids is 1. The number of hydrogen-bond acceptors (Lipinski definition) is 2. The largest absolute Gasteiger partial charge is 0.311 e. The number of amides is 1. The molecule has 0 radical (unpaired) electrons. The Bertz CT molecular complexity index is 495. The van der Waals surface area contributed by atoms with Crippen molar-refractivity contribution in [2.75, 3.05) is 11.9 Å². The van der Waals surface area contributed by atoms with Crippen molar-refractivity contribution in [3.8, 4) is 0 Å². The molecule has 4 heteroatoms. The van der Waals surface area contributed by atoms with E-state index in [1.165, 1.54) is 0 Å². The summed E-state index contributed by atoms with van der Waals surface area (Å²) in [4.78, 5) is 13.8. The van der Waals surface area contributed by atoms with Crippen LogP contribution in [0.4, 0.5) is 5.69 Å². The molecule has 0 bridgehead atoms. The highest BCUT2D eigenvalue weighted by molar-refractivity contribution is 14.1. The Kier molecular flexibility index (Phi) is 3.60. The van der Waals surface area contributed by atoms with Crippen LogP contribution in [0.1, 0.15) is 10.4 Å². The van der Waals surface area contributed by atoms with E-state index in [2.05, 4.69) is 22.6 Å². The molecule has 0 spiro atoms. The Morgan fingerprint density at radius 2 is 2.00 bits per heavy atom. The summed E-state index contributed by atoms with van der Waals surface area (Å²) in [5.74, 6) is 0.0327. The molecule has 0 aliphatic carbocycles. The smallest absolute Gasteiger partial charge is 0.258 e. The summed E-state index contributed by atoms with van der Waals surface area (Å²) >= 11 is 3.80. The van der Waals surface area contributed by atoms with Crippen LogP contribution in [0, 0.1) is 2.88 Å². The number of para-hydroxylation sites is 1. The highest BCUT2D eigenvalue weighted by Crippen LogP contribution is 2.20. The zero-order valence-corrected chi connectivity index (χ0v) is 11.7. The molecule has 2 nitrogen and oxygen atoms in total. The lowest BCUT2D eigenvalue weighted by molar-refractivity contribution is 0.0993. The van der Waals surface area contributed by atoms with E-state index in [1.54, 1.807) is 23.3 Å². The van der Waals surface area contributed by atoms with Gasteiger partial charge in [-0.2, -0.15) is 0 Å². The number of hydrogen-bond donors (Lipinski definition) is 0. The first-order valence-corrected chi connectivity index (χ1v) is 6.71. The maximum absolute atomic E-state index is 12.1. The summed E-state index contributed by atoms with van der Waals surface area (Å²) in [7, 11) is 1.79. The first-order chi connectivity index (χ1) is 7.68. The summed E-state index contributed by atoms with van der Waals surface area (Å²) < 4.78 is 1.13. The minimum atomic E-state index is 0.0327. The number of benzene rings is 1. The molecule has 0 unspecified atom stereocenters. The second kappa shape index (κ2) is 4.97. The van der Waals surface area contributed by atoms with Crippen molar-refractivity contribution in [1.82, 2.24) is 0 Å². The van der Waals surface area contributed by atoms with Gasteiger partial charge in [-0.05, 0) is 40.8 Å². The summed E-state index contributed by atoms with van der Waals surface area (Å²) in [6.45, 7) is 0. The molecule has 0 atom stereocenters. The number of nitrogens with zero attached hydrogens (tertiary/aromatic N) is 1. The van der Waals surface area contributed by atoms with Gasteiger partial charge in [0, 0.05) is 18.1 Å². The van der Waals surface area contributed by atoms with Crippen molar-refractivity contribution in [3.63, 3.8) is 0 Å². The average molecular weight is 343 g/mol. The first-order valence-electron chi connectivity index (χ1n) is 4.75. The van der Waals surface area contributed by atoms with Gasteiger partial charge in [-0.15, -0.1) is 11.3 Å². The fraction of sp³-hybridized carbons (Fsp3) is 0.0833. The molecule has 0 aliphatic rings. The van der Waals surface area contributed by atoms with Crippen molar-refractivity contribution in [3.05, 3.63) is 50.2 Å². The minimum absolute atomic E-state index is 0.0327. The molecule has 0 aliphatic heterocycles. The Morgan fingerprint density at radius 3 is 2.56 bits per heavy atom. The minimum Gasteiger partial charge on any atom is -0.311 e. The second-order valence-corrected chi connectivity index (χ2v) is 6.14. The Labute approximate surface area is 112 Å². The van der Waals surface area contributed by atoms with E-state index in [0.29, 0.717) is 0 Å². The van der Waals surface area contributed by atoms with Gasteiger partial charge in [-0.1, -0.05) is 18.2 Å². The lowest BCUT2D eigenvalue weighted by atomic mass is 10.2. The molecule has 2 aromatic rings. The molecular weight excluding hydrogens is 333 g/mol. The van der Waals surface area contributed by atoms with Gasteiger partial charge in [0.25, 0.3) is 5.91 Å². The number of carbonyl (C=O) groups is 1. The maximum atomic E-state index is 12.1. The Hall–Kier alpha value is -0.880. The summed E-state index contributed by atoms with van der Waals surface area (Å²) in [6, 6.07) is 11.6. The van der Waals surface area contributed by atoms with Crippen LogP contribution in [0.5, 0.6) is 0 Å². The lowest BCUT2D eigenvalue weighted by Gasteiger charge is -2.16. The van der Waals surface area contributed by atoms with E-state index in [1.807, 2.05) is 41.8 Å². The predicted molar refractivity (Wildman–Crippen MR) is 76.2 cm³/mol. The third-order valence-electron chi connectivity index (χ3n) is 2.26. The molecule has 1 heterocycles.